The molecule has 21 heavy (non-hydrogen) atoms. The lowest BCUT2D eigenvalue weighted by Gasteiger charge is -2.10. The average Bonchev–Trinajstić information content (AvgIpc) is 2.48. The lowest BCUT2D eigenvalue weighted by Crippen LogP contribution is -2.03. The standard InChI is InChI=1S/C15H14ClF2NO2/c1-20-12-5-2-10(3-6-12)9-19-11-4-7-14(13(16)8-11)21-15(17)18/h2-8,15,19H,9H2,1H3. The first-order valence-electron chi connectivity index (χ1n) is 6.19. The number of hydrogen-bond donors (Lipinski definition) is 1. The number of anilines is 1. The minimum Gasteiger partial charge on any atom is -0.497 e. The highest BCUT2D eigenvalue weighted by atomic mass is 35.5. The highest BCUT2D eigenvalue weighted by Crippen LogP contribution is 2.29. The molecule has 0 spiro atoms. The molecule has 0 aromatic heterocycles. The summed E-state index contributed by atoms with van der Waals surface area (Å²) in [5.41, 5.74) is 1.78. The van der Waals surface area contributed by atoms with Gasteiger partial charge in [-0.2, -0.15) is 8.78 Å². The molecule has 0 unspecified atom stereocenters. The van der Waals surface area contributed by atoms with Crippen molar-refractivity contribution in [1.29, 1.82) is 0 Å². The van der Waals surface area contributed by atoms with Gasteiger partial charge in [-0.25, -0.2) is 0 Å². The second-order valence-electron chi connectivity index (χ2n) is 4.23. The van der Waals surface area contributed by atoms with E-state index in [4.69, 9.17) is 16.3 Å². The maximum atomic E-state index is 12.1. The van der Waals surface area contributed by atoms with Crippen LogP contribution in [-0.2, 0) is 6.54 Å². The van der Waals surface area contributed by atoms with E-state index in [0.29, 0.717) is 6.54 Å². The summed E-state index contributed by atoms with van der Waals surface area (Å²) >= 11 is 5.88. The van der Waals surface area contributed by atoms with Gasteiger partial charge in [-0.15, -0.1) is 0 Å². The minimum absolute atomic E-state index is 0.0401. The van der Waals surface area contributed by atoms with E-state index in [9.17, 15) is 8.78 Å². The third kappa shape index (κ3) is 4.49. The first kappa shape index (κ1) is 15.4. The first-order valence-corrected chi connectivity index (χ1v) is 6.57. The molecule has 0 fully saturated rings. The Kier molecular flexibility index (Phi) is 5.22. The SMILES string of the molecule is COc1ccc(CNc2ccc(OC(F)F)c(Cl)c2)cc1. The monoisotopic (exact) mass is 313 g/mol. The van der Waals surface area contributed by atoms with Gasteiger partial charge in [0.2, 0.25) is 0 Å². The second-order valence-corrected chi connectivity index (χ2v) is 4.63. The molecule has 0 heterocycles. The van der Waals surface area contributed by atoms with E-state index in [0.717, 1.165) is 17.0 Å². The van der Waals surface area contributed by atoms with Crippen molar-refractivity contribution in [2.75, 3.05) is 12.4 Å². The molecule has 0 amide bonds. The largest absolute Gasteiger partial charge is 0.497 e. The molecule has 0 aliphatic rings. The Morgan fingerprint density at radius 1 is 1.14 bits per heavy atom. The molecule has 0 saturated heterocycles. The molecule has 3 nitrogen and oxygen atoms in total. The van der Waals surface area contributed by atoms with Gasteiger partial charge in [0.1, 0.15) is 11.5 Å². The fourth-order valence-electron chi connectivity index (χ4n) is 1.75. The molecule has 1 N–H and O–H groups in total. The van der Waals surface area contributed by atoms with Gasteiger partial charge in [0.05, 0.1) is 12.1 Å². The molecule has 0 aliphatic carbocycles. The molecule has 6 heteroatoms. The predicted octanol–water partition coefficient (Wildman–Crippen LogP) is 4.56. The van der Waals surface area contributed by atoms with Crippen molar-refractivity contribution >= 4 is 17.3 Å². The number of nitrogens with one attached hydrogen (secondary N) is 1. The second kappa shape index (κ2) is 7.13. The topological polar surface area (TPSA) is 30.5 Å². The van der Waals surface area contributed by atoms with Gasteiger partial charge in [0, 0.05) is 12.2 Å². The highest BCUT2D eigenvalue weighted by molar-refractivity contribution is 6.32. The summed E-state index contributed by atoms with van der Waals surface area (Å²) < 4.78 is 33.6. The number of halogens is 3. The molecular weight excluding hydrogens is 300 g/mol. The molecule has 0 radical (unpaired) electrons. The van der Waals surface area contributed by atoms with Crippen LogP contribution in [0.15, 0.2) is 42.5 Å². The van der Waals surface area contributed by atoms with Gasteiger partial charge < -0.3 is 14.8 Å². The summed E-state index contributed by atoms with van der Waals surface area (Å²) in [5.74, 6) is 0.747. The average molecular weight is 314 g/mol. The zero-order valence-electron chi connectivity index (χ0n) is 11.3. The summed E-state index contributed by atoms with van der Waals surface area (Å²) in [4.78, 5) is 0. The fourth-order valence-corrected chi connectivity index (χ4v) is 1.97. The first-order chi connectivity index (χ1) is 10.1. The van der Waals surface area contributed by atoms with Crippen LogP contribution >= 0.6 is 11.6 Å². The number of rotatable bonds is 6. The Labute approximate surface area is 126 Å². The Morgan fingerprint density at radius 3 is 2.43 bits per heavy atom. The van der Waals surface area contributed by atoms with Crippen LogP contribution in [-0.4, -0.2) is 13.7 Å². The number of alkyl halides is 2. The fraction of sp³-hybridized carbons (Fsp3) is 0.200. The molecule has 112 valence electrons. The van der Waals surface area contributed by atoms with Crippen molar-refractivity contribution in [3.05, 3.63) is 53.1 Å². The van der Waals surface area contributed by atoms with E-state index < -0.39 is 6.61 Å². The maximum Gasteiger partial charge on any atom is 0.387 e. The van der Waals surface area contributed by atoms with E-state index >= 15 is 0 Å². The van der Waals surface area contributed by atoms with Crippen molar-refractivity contribution in [2.24, 2.45) is 0 Å². The zero-order chi connectivity index (χ0) is 15.2. The summed E-state index contributed by atoms with van der Waals surface area (Å²) in [5, 5.41) is 3.29. The van der Waals surface area contributed by atoms with Gasteiger partial charge in [-0.1, -0.05) is 23.7 Å². The lowest BCUT2D eigenvalue weighted by atomic mass is 10.2. The molecule has 0 bridgehead atoms. The third-order valence-corrected chi connectivity index (χ3v) is 3.10. The van der Waals surface area contributed by atoms with Crippen LogP contribution in [0.25, 0.3) is 0 Å². The smallest absolute Gasteiger partial charge is 0.387 e. The highest BCUT2D eigenvalue weighted by Gasteiger charge is 2.08. The van der Waals surface area contributed by atoms with Crippen molar-refractivity contribution in [3.8, 4) is 11.5 Å². The zero-order valence-corrected chi connectivity index (χ0v) is 12.0. The summed E-state index contributed by atoms with van der Waals surface area (Å²) in [6.07, 6.45) is 0. The van der Waals surface area contributed by atoms with E-state index in [-0.39, 0.29) is 10.8 Å². The maximum absolute atomic E-state index is 12.1. The van der Waals surface area contributed by atoms with Crippen LogP contribution in [0, 0.1) is 0 Å². The number of hydrogen-bond acceptors (Lipinski definition) is 3. The number of methoxy groups -OCH3 is 1. The number of ether oxygens (including phenoxy) is 2. The van der Waals surface area contributed by atoms with Gasteiger partial charge in [0.15, 0.2) is 0 Å². The van der Waals surface area contributed by atoms with Crippen LogP contribution in [0.3, 0.4) is 0 Å². The van der Waals surface area contributed by atoms with E-state index in [1.807, 2.05) is 24.3 Å². The van der Waals surface area contributed by atoms with Crippen molar-refractivity contribution in [1.82, 2.24) is 0 Å². The molecular formula is C15H14ClF2NO2. The summed E-state index contributed by atoms with van der Waals surface area (Å²) in [7, 11) is 1.61. The normalized spacial score (nSPS) is 10.5. The van der Waals surface area contributed by atoms with Crippen molar-refractivity contribution < 1.29 is 18.3 Å². The minimum atomic E-state index is -2.89. The molecule has 0 atom stereocenters. The Morgan fingerprint density at radius 2 is 1.86 bits per heavy atom. The van der Waals surface area contributed by atoms with Crippen molar-refractivity contribution in [3.63, 3.8) is 0 Å². The molecule has 0 aliphatic heterocycles. The van der Waals surface area contributed by atoms with Gasteiger partial charge in [-0.05, 0) is 35.9 Å². The van der Waals surface area contributed by atoms with Crippen LogP contribution in [0.5, 0.6) is 11.5 Å². The van der Waals surface area contributed by atoms with E-state index in [2.05, 4.69) is 10.1 Å². The quantitative estimate of drug-likeness (QED) is 0.848. The molecule has 0 saturated carbocycles. The van der Waals surface area contributed by atoms with Gasteiger partial charge in [-0.3, -0.25) is 0 Å². The van der Waals surface area contributed by atoms with Crippen LogP contribution < -0.4 is 14.8 Å². The van der Waals surface area contributed by atoms with Gasteiger partial charge in [0.25, 0.3) is 0 Å². The van der Waals surface area contributed by atoms with Crippen LogP contribution in [0.4, 0.5) is 14.5 Å². The summed E-state index contributed by atoms with van der Waals surface area (Å²) in [6.45, 7) is -2.31. The Balaban J connectivity index is 1.98. The van der Waals surface area contributed by atoms with E-state index in [1.54, 1.807) is 19.2 Å². The Bertz CT molecular complexity index is 591. The molecule has 2 aromatic rings. The number of benzene rings is 2. The molecule has 2 rings (SSSR count). The third-order valence-electron chi connectivity index (χ3n) is 2.80. The van der Waals surface area contributed by atoms with Crippen LogP contribution in [0.1, 0.15) is 5.56 Å². The predicted molar refractivity (Wildman–Crippen MR) is 78.4 cm³/mol. The van der Waals surface area contributed by atoms with Crippen LogP contribution in [0.2, 0.25) is 5.02 Å². The molecule has 2 aromatic carbocycles. The Hall–Kier alpha value is -2.01. The van der Waals surface area contributed by atoms with Crippen molar-refractivity contribution in [2.45, 2.75) is 13.2 Å². The summed E-state index contributed by atoms with van der Waals surface area (Å²) in [6, 6.07) is 12.2. The van der Waals surface area contributed by atoms with E-state index in [1.165, 1.54) is 6.07 Å². The van der Waals surface area contributed by atoms with Gasteiger partial charge >= 0.3 is 6.61 Å². The lowest BCUT2D eigenvalue weighted by molar-refractivity contribution is -0.0497.